The summed E-state index contributed by atoms with van der Waals surface area (Å²) in [5.74, 6) is -15.1. The third kappa shape index (κ3) is 10.7. The van der Waals surface area contributed by atoms with E-state index in [1.165, 1.54) is 0 Å². The largest absolute Gasteiger partial charge is 0.377 e. The van der Waals surface area contributed by atoms with Crippen LogP contribution >= 0.6 is 0 Å². The third-order valence-electron chi connectivity index (χ3n) is 4.39. The lowest BCUT2D eigenvalue weighted by atomic mass is 10.4. The van der Waals surface area contributed by atoms with E-state index in [9.17, 15) is 43.9 Å². The van der Waals surface area contributed by atoms with Gasteiger partial charge < -0.3 is 4.74 Å². The van der Waals surface area contributed by atoms with E-state index >= 15 is 0 Å². The number of alkyl halides is 10. The van der Waals surface area contributed by atoms with Gasteiger partial charge in [-0.2, -0.15) is 0 Å². The van der Waals surface area contributed by atoms with Crippen LogP contribution in [0.15, 0.2) is 25.3 Å². The standard InChI is InChI=1S/C20H28F10O13/c1-3-15(42-19(37-11-27,38-12-28)17(31-5-21,32-6-22)33-7-23)41-16(4-2)43-20(39-13-29,40-14-30)18(34-8-24,35-9-25)36-10-26/h3-4,15-16H,1-2,5-14H2. The van der Waals surface area contributed by atoms with Crippen LogP contribution < -0.4 is 0 Å². The first-order chi connectivity index (χ1) is 20.7. The molecule has 2 atom stereocenters. The Morgan fingerprint density at radius 3 is 0.721 bits per heavy atom. The number of rotatable bonds is 30. The van der Waals surface area contributed by atoms with E-state index in [0.717, 1.165) is 0 Å². The molecular formula is C20H28F10O13. The van der Waals surface area contributed by atoms with Crippen molar-refractivity contribution in [2.45, 2.75) is 36.5 Å². The Kier molecular flexibility index (Phi) is 21.0. The maximum Gasteiger partial charge on any atom is 0.377 e. The van der Waals surface area contributed by atoms with E-state index in [4.69, 9.17) is 14.2 Å². The van der Waals surface area contributed by atoms with Crippen LogP contribution in [0.25, 0.3) is 0 Å². The fourth-order valence-electron chi connectivity index (χ4n) is 2.92. The number of hydrogen-bond acceptors (Lipinski definition) is 13. The van der Waals surface area contributed by atoms with Gasteiger partial charge in [0.1, 0.15) is 0 Å². The zero-order chi connectivity index (χ0) is 32.8. The van der Waals surface area contributed by atoms with Gasteiger partial charge in [0.25, 0.3) is 0 Å². The average Bonchev–Trinajstić information content (AvgIpc) is 2.97. The minimum absolute atomic E-state index is 0.512. The molecule has 0 spiro atoms. The van der Waals surface area contributed by atoms with Gasteiger partial charge in [-0.25, -0.2) is 43.9 Å². The van der Waals surface area contributed by atoms with Crippen molar-refractivity contribution in [3.8, 4) is 0 Å². The minimum atomic E-state index is -3.80. The molecule has 0 fully saturated rings. The van der Waals surface area contributed by atoms with Gasteiger partial charge in [-0.1, -0.05) is 13.2 Å². The number of ether oxygens (including phenoxy) is 13. The Hall–Kier alpha value is -1.74. The van der Waals surface area contributed by atoms with Crippen LogP contribution in [0.2, 0.25) is 0 Å². The fraction of sp³-hybridized carbons (Fsp3) is 0.800. The Labute approximate surface area is 236 Å². The normalized spacial score (nSPS) is 14.6. The topological polar surface area (TPSA) is 120 Å². The summed E-state index contributed by atoms with van der Waals surface area (Å²) in [6.07, 6.45) is -3.75. The highest BCUT2D eigenvalue weighted by molar-refractivity contribution is 4.84. The number of hydrogen-bond donors (Lipinski definition) is 0. The summed E-state index contributed by atoms with van der Waals surface area (Å²) in [6.45, 7) is -14.3. The van der Waals surface area contributed by atoms with Crippen molar-refractivity contribution in [2.75, 3.05) is 68.6 Å². The summed E-state index contributed by atoms with van der Waals surface area (Å²) in [6, 6.07) is 0. The summed E-state index contributed by atoms with van der Waals surface area (Å²) in [5, 5.41) is 0. The van der Waals surface area contributed by atoms with E-state index in [1.807, 2.05) is 0 Å². The van der Waals surface area contributed by atoms with Crippen LogP contribution in [0.4, 0.5) is 43.9 Å². The van der Waals surface area contributed by atoms with Gasteiger partial charge in [-0.05, 0) is 12.2 Å². The average molecular weight is 666 g/mol. The summed E-state index contributed by atoms with van der Waals surface area (Å²) < 4.78 is 191. The van der Waals surface area contributed by atoms with Crippen molar-refractivity contribution in [3.05, 3.63) is 25.3 Å². The van der Waals surface area contributed by atoms with Crippen molar-refractivity contribution in [3.63, 3.8) is 0 Å². The maximum absolute atomic E-state index is 13.4. The Morgan fingerprint density at radius 1 is 0.372 bits per heavy atom. The summed E-state index contributed by atoms with van der Waals surface area (Å²) in [7, 11) is 0. The van der Waals surface area contributed by atoms with E-state index in [2.05, 4.69) is 60.5 Å². The Morgan fingerprint density at radius 2 is 0.558 bits per heavy atom. The van der Waals surface area contributed by atoms with Gasteiger partial charge in [0.05, 0.1) is 0 Å². The maximum atomic E-state index is 13.4. The van der Waals surface area contributed by atoms with E-state index in [-0.39, 0.29) is 0 Å². The lowest BCUT2D eigenvalue weighted by Crippen LogP contribution is -2.66. The van der Waals surface area contributed by atoms with E-state index < -0.39 is 105 Å². The van der Waals surface area contributed by atoms with E-state index in [0.29, 0.717) is 12.2 Å². The van der Waals surface area contributed by atoms with Gasteiger partial charge in [0, 0.05) is 0 Å². The van der Waals surface area contributed by atoms with Gasteiger partial charge in [0.15, 0.2) is 81.2 Å². The van der Waals surface area contributed by atoms with Gasteiger partial charge in [-0.3, -0.25) is 56.8 Å². The van der Waals surface area contributed by atoms with Gasteiger partial charge >= 0.3 is 23.9 Å². The van der Waals surface area contributed by atoms with Crippen LogP contribution in [-0.4, -0.2) is 105 Å². The second-order valence-electron chi connectivity index (χ2n) is 6.34. The highest BCUT2D eigenvalue weighted by Crippen LogP contribution is 2.40. The number of halogens is 10. The second kappa shape index (κ2) is 21.9. The molecule has 0 saturated heterocycles. The molecule has 0 radical (unpaired) electrons. The molecule has 0 aromatic heterocycles. The monoisotopic (exact) mass is 666 g/mol. The van der Waals surface area contributed by atoms with Gasteiger partial charge in [-0.15, -0.1) is 0 Å². The molecule has 0 saturated carbocycles. The van der Waals surface area contributed by atoms with Crippen LogP contribution in [0.1, 0.15) is 0 Å². The molecule has 43 heavy (non-hydrogen) atoms. The predicted molar refractivity (Wildman–Crippen MR) is 113 cm³/mol. The van der Waals surface area contributed by atoms with Gasteiger partial charge in [0.2, 0.25) is 0 Å². The highest BCUT2D eigenvalue weighted by atomic mass is 19.2. The molecule has 0 amide bonds. The first-order valence-electron chi connectivity index (χ1n) is 10.9. The van der Waals surface area contributed by atoms with Crippen LogP contribution in [0.3, 0.4) is 0 Å². The molecule has 2 unspecified atom stereocenters. The minimum Gasteiger partial charge on any atom is -0.316 e. The second-order valence-corrected chi connectivity index (χ2v) is 6.34. The molecule has 0 aliphatic carbocycles. The molecule has 0 aliphatic heterocycles. The lowest BCUT2D eigenvalue weighted by Gasteiger charge is -2.45. The smallest absolute Gasteiger partial charge is 0.316 e. The van der Waals surface area contributed by atoms with E-state index in [1.54, 1.807) is 0 Å². The SMILES string of the molecule is C=CC(OC(C=C)OC(OCF)(OCF)C(OCF)(OCF)OCF)OC(OCF)(OCF)C(OCF)(OCF)OCF. The molecule has 0 N–H and O–H groups in total. The molecule has 23 heteroatoms. The Bertz CT molecular complexity index is 644. The molecular weight excluding hydrogens is 638 g/mol. The molecule has 13 nitrogen and oxygen atoms in total. The lowest BCUT2D eigenvalue weighted by molar-refractivity contribution is -0.596. The van der Waals surface area contributed by atoms with Crippen LogP contribution in [0, 0.1) is 0 Å². The Balaban J connectivity index is 6.84. The quantitative estimate of drug-likeness (QED) is 0.0622. The van der Waals surface area contributed by atoms with Crippen molar-refractivity contribution < 1.29 is 105 Å². The molecule has 0 aromatic carbocycles. The van der Waals surface area contributed by atoms with Crippen LogP contribution in [0.5, 0.6) is 0 Å². The van der Waals surface area contributed by atoms with Crippen molar-refractivity contribution in [1.29, 1.82) is 0 Å². The summed E-state index contributed by atoms with van der Waals surface area (Å²) in [4.78, 5) is 0. The summed E-state index contributed by atoms with van der Waals surface area (Å²) in [5.41, 5.74) is 0. The molecule has 0 aliphatic rings. The fourth-order valence-corrected chi connectivity index (χ4v) is 2.92. The zero-order valence-electron chi connectivity index (χ0n) is 21.9. The van der Waals surface area contributed by atoms with Crippen molar-refractivity contribution in [2.24, 2.45) is 0 Å². The zero-order valence-corrected chi connectivity index (χ0v) is 21.9. The molecule has 0 rings (SSSR count). The highest BCUT2D eigenvalue weighted by Gasteiger charge is 2.65. The molecule has 256 valence electrons. The predicted octanol–water partition coefficient (Wildman–Crippen LogP) is 4.11. The molecule has 0 heterocycles. The van der Waals surface area contributed by atoms with Crippen LogP contribution in [-0.2, 0) is 61.6 Å². The van der Waals surface area contributed by atoms with Crippen molar-refractivity contribution in [1.82, 2.24) is 0 Å². The first-order valence-corrected chi connectivity index (χ1v) is 10.9. The third-order valence-corrected chi connectivity index (χ3v) is 4.39. The summed E-state index contributed by atoms with van der Waals surface area (Å²) >= 11 is 0. The van der Waals surface area contributed by atoms with Crippen molar-refractivity contribution >= 4 is 0 Å². The molecule has 0 aromatic rings. The first kappa shape index (κ1) is 41.3. The molecule has 0 bridgehead atoms.